The molecule has 1 saturated heterocycles. The number of furan rings is 1. The summed E-state index contributed by atoms with van der Waals surface area (Å²) in [5.41, 5.74) is 0.790. The van der Waals surface area contributed by atoms with Gasteiger partial charge in [-0.15, -0.1) is 0 Å². The Morgan fingerprint density at radius 2 is 1.93 bits per heavy atom. The number of hydrogen-bond donors (Lipinski definition) is 2. The van der Waals surface area contributed by atoms with Crippen LogP contribution in [-0.4, -0.2) is 34.9 Å². The fourth-order valence-corrected chi connectivity index (χ4v) is 3.62. The number of carbonyl (C=O) groups excluding carboxylic acids is 1. The van der Waals surface area contributed by atoms with E-state index in [1.807, 2.05) is 0 Å². The van der Waals surface area contributed by atoms with E-state index in [1.165, 1.54) is 18.4 Å². The molecule has 6 nitrogen and oxygen atoms in total. The number of carbonyl (C=O) groups is 1. The van der Waals surface area contributed by atoms with Crippen LogP contribution in [0.1, 0.15) is 28.8 Å². The molecule has 0 spiro atoms. The predicted octanol–water partition coefficient (Wildman–Crippen LogP) is 3.31. The average molecular weight is 413 g/mol. The van der Waals surface area contributed by atoms with Crippen molar-refractivity contribution in [2.45, 2.75) is 25.4 Å². The lowest BCUT2D eigenvalue weighted by Crippen LogP contribution is -2.45. The maximum absolute atomic E-state index is 13.4. The lowest BCUT2D eigenvalue weighted by atomic mass is 10.0. The van der Waals surface area contributed by atoms with E-state index in [-0.39, 0.29) is 11.6 Å². The number of benzene rings is 1. The number of nitrogens with zero attached hydrogens (tertiary/aromatic N) is 1. The Bertz CT molecular complexity index is 1090. The molecule has 3 aromatic rings. The molecule has 1 fully saturated rings. The van der Waals surface area contributed by atoms with Gasteiger partial charge in [0, 0.05) is 25.7 Å². The number of rotatable bonds is 5. The molecule has 2 N–H and O–H groups in total. The third-order valence-corrected chi connectivity index (χ3v) is 5.25. The zero-order valence-corrected chi connectivity index (χ0v) is 16.2. The molecule has 4 rings (SSSR count). The summed E-state index contributed by atoms with van der Waals surface area (Å²) in [5, 5.41) is 2.91. The normalized spacial score (nSPS) is 15.3. The van der Waals surface area contributed by atoms with Gasteiger partial charge < -0.3 is 14.7 Å². The summed E-state index contributed by atoms with van der Waals surface area (Å²) in [4.78, 5) is 29.6. The molecule has 156 valence electrons. The second-order valence-electron chi connectivity index (χ2n) is 7.36. The van der Waals surface area contributed by atoms with Crippen molar-refractivity contribution < 1.29 is 18.0 Å². The van der Waals surface area contributed by atoms with Crippen LogP contribution in [0.3, 0.4) is 0 Å². The molecule has 1 aliphatic rings. The second-order valence-corrected chi connectivity index (χ2v) is 7.36. The van der Waals surface area contributed by atoms with Crippen molar-refractivity contribution in [1.82, 2.24) is 15.2 Å². The van der Waals surface area contributed by atoms with Gasteiger partial charge in [-0.3, -0.25) is 14.5 Å². The van der Waals surface area contributed by atoms with E-state index < -0.39 is 23.1 Å². The fraction of sp³-hybridized carbons (Fsp3) is 0.273. The van der Waals surface area contributed by atoms with Crippen molar-refractivity contribution in [3.63, 3.8) is 0 Å². The standard InChI is InChI=1S/C22H21F2N3O3/c23-17-5-3-14(12-18(17)24)13-27-9-7-15(8-10-27)25-21(28)16-4-6-19(26-22(16)29)20-2-1-11-30-20/h1-6,11-12,15H,7-10,13H2,(H,25,28)(H,26,29). The van der Waals surface area contributed by atoms with Crippen molar-refractivity contribution >= 4 is 5.91 Å². The predicted molar refractivity (Wildman–Crippen MR) is 107 cm³/mol. The van der Waals surface area contributed by atoms with Crippen LogP contribution in [0.5, 0.6) is 0 Å². The van der Waals surface area contributed by atoms with Crippen LogP contribution in [0.4, 0.5) is 8.78 Å². The van der Waals surface area contributed by atoms with Gasteiger partial charge in [0.1, 0.15) is 11.3 Å². The van der Waals surface area contributed by atoms with E-state index in [1.54, 1.807) is 24.3 Å². The minimum absolute atomic E-state index is 0.0505. The van der Waals surface area contributed by atoms with E-state index in [2.05, 4.69) is 15.2 Å². The minimum atomic E-state index is -0.854. The maximum Gasteiger partial charge on any atom is 0.261 e. The van der Waals surface area contributed by atoms with Crippen LogP contribution in [0.2, 0.25) is 0 Å². The molecule has 0 aliphatic carbocycles. The summed E-state index contributed by atoms with van der Waals surface area (Å²) in [6.07, 6.45) is 2.92. The first-order valence-corrected chi connectivity index (χ1v) is 9.74. The number of likely N-dealkylation sites (tertiary alicyclic amines) is 1. The van der Waals surface area contributed by atoms with Crippen molar-refractivity contribution in [2.75, 3.05) is 13.1 Å². The highest BCUT2D eigenvalue weighted by atomic mass is 19.2. The Morgan fingerprint density at radius 1 is 1.13 bits per heavy atom. The summed E-state index contributed by atoms with van der Waals surface area (Å²) >= 11 is 0. The van der Waals surface area contributed by atoms with E-state index >= 15 is 0 Å². The number of aromatic amines is 1. The highest BCUT2D eigenvalue weighted by Crippen LogP contribution is 2.17. The Labute approximate surface area is 171 Å². The molecular formula is C22H21F2N3O3. The second kappa shape index (κ2) is 8.62. The van der Waals surface area contributed by atoms with Crippen LogP contribution in [0, 0.1) is 11.6 Å². The van der Waals surface area contributed by atoms with Crippen LogP contribution < -0.4 is 10.9 Å². The lowest BCUT2D eigenvalue weighted by Gasteiger charge is -2.32. The van der Waals surface area contributed by atoms with Crippen LogP contribution in [0.25, 0.3) is 11.5 Å². The monoisotopic (exact) mass is 413 g/mol. The SMILES string of the molecule is O=C(NC1CCN(Cc2ccc(F)c(F)c2)CC1)c1ccc(-c2ccco2)[nH]c1=O. The first-order valence-electron chi connectivity index (χ1n) is 9.74. The molecule has 30 heavy (non-hydrogen) atoms. The zero-order valence-electron chi connectivity index (χ0n) is 16.2. The Kier molecular flexibility index (Phi) is 5.76. The molecule has 0 atom stereocenters. The Balaban J connectivity index is 1.32. The van der Waals surface area contributed by atoms with E-state index in [0.29, 0.717) is 49.5 Å². The third kappa shape index (κ3) is 4.49. The molecule has 0 saturated carbocycles. The summed E-state index contributed by atoms with van der Waals surface area (Å²) in [7, 11) is 0. The van der Waals surface area contributed by atoms with Crippen LogP contribution >= 0.6 is 0 Å². The zero-order chi connectivity index (χ0) is 21.1. The molecule has 1 amide bonds. The van der Waals surface area contributed by atoms with E-state index in [9.17, 15) is 18.4 Å². The van der Waals surface area contributed by atoms with Gasteiger partial charge in [0.25, 0.3) is 11.5 Å². The number of H-pyrrole nitrogens is 1. The molecule has 0 unspecified atom stereocenters. The number of pyridine rings is 1. The van der Waals surface area contributed by atoms with Gasteiger partial charge in [0.2, 0.25) is 0 Å². The molecule has 0 bridgehead atoms. The number of hydrogen-bond acceptors (Lipinski definition) is 4. The van der Waals surface area contributed by atoms with E-state index in [0.717, 1.165) is 6.07 Å². The number of halogens is 2. The van der Waals surface area contributed by atoms with E-state index in [4.69, 9.17) is 4.42 Å². The number of amides is 1. The van der Waals surface area contributed by atoms with Gasteiger partial charge >= 0.3 is 0 Å². The Hall–Kier alpha value is -3.26. The molecule has 1 aromatic carbocycles. The smallest absolute Gasteiger partial charge is 0.261 e. The molecular weight excluding hydrogens is 392 g/mol. The van der Waals surface area contributed by atoms with Gasteiger partial charge in [-0.05, 0) is 54.8 Å². The van der Waals surface area contributed by atoms with Crippen molar-refractivity contribution in [3.8, 4) is 11.5 Å². The summed E-state index contributed by atoms with van der Waals surface area (Å²) in [5.74, 6) is -1.60. The van der Waals surface area contributed by atoms with Gasteiger partial charge in [-0.1, -0.05) is 6.07 Å². The molecule has 3 heterocycles. The van der Waals surface area contributed by atoms with Crippen LogP contribution in [0.15, 0.2) is 57.9 Å². The molecule has 1 aliphatic heterocycles. The number of aromatic nitrogens is 1. The summed E-state index contributed by atoms with van der Waals surface area (Å²) < 4.78 is 31.7. The molecule has 0 radical (unpaired) electrons. The fourth-order valence-electron chi connectivity index (χ4n) is 3.62. The van der Waals surface area contributed by atoms with Crippen molar-refractivity contribution in [2.24, 2.45) is 0 Å². The number of nitrogens with one attached hydrogen (secondary N) is 2. The maximum atomic E-state index is 13.4. The van der Waals surface area contributed by atoms with Crippen molar-refractivity contribution in [3.05, 3.63) is 81.8 Å². The quantitative estimate of drug-likeness (QED) is 0.673. The summed E-state index contributed by atoms with van der Waals surface area (Å²) in [6.45, 7) is 1.93. The van der Waals surface area contributed by atoms with Crippen LogP contribution in [-0.2, 0) is 6.54 Å². The van der Waals surface area contributed by atoms with Gasteiger partial charge in [-0.25, -0.2) is 8.78 Å². The first kappa shape index (κ1) is 20.0. The molecule has 8 heteroatoms. The lowest BCUT2D eigenvalue weighted by molar-refractivity contribution is 0.0907. The minimum Gasteiger partial charge on any atom is -0.463 e. The highest BCUT2D eigenvalue weighted by Gasteiger charge is 2.22. The Morgan fingerprint density at radius 3 is 2.60 bits per heavy atom. The third-order valence-electron chi connectivity index (χ3n) is 5.25. The topological polar surface area (TPSA) is 78.3 Å². The van der Waals surface area contributed by atoms with Gasteiger partial charge in [-0.2, -0.15) is 0 Å². The molecule has 2 aromatic heterocycles. The highest BCUT2D eigenvalue weighted by molar-refractivity contribution is 5.94. The summed E-state index contributed by atoms with van der Waals surface area (Å²) in [6, 6.07) is 10.4. The average Bonchev–Trinajstić information content (AvgIpc) is 3.27. The van der Waals surface area contributed by atoms with Gasteiger partial charge in [0.05, 0.1) is 12.0 Å². The first-order chi connectivity index (χ1) is 14.5. The van der Waals surface area contributed by atoms with Crippen molar-refractivity contribution in [1.29, 1.82) is 0 Å². The van der Waals surface area contributed by atoms with Gasteiger partial charge in [0.15, 0.2) is 11.6 Å². The largest absolute Gasteiger partial charge is 0.463 e. The number of piperidine rings is 1.